The molecule has 59 heavy (non-hydrogen) atoms. The SMILES string of the molecule is CC/C=C\C/C=C\C/C=C\C/C=C\C/C=C\C/C=C\CCCCCCC(=O)OC(COC(=O)CCCCCCC/C=C\CCCCC)COP(=O)([O-])OCC[N+](C)(C)C. The lowest BCUT2D eigenvalue weighted by molar-refractivity contribution is -0.870. The Morgan fingerprint density at radius 3 is 1.46 bits per heavy atom. The fraction of sp³-hybridized carbons (Fsp3) is 0.673. The smallest absolute Gasteiger partial charge is 0.306 e. The predicted molar refractivity (Wildman–Crippen MR) is 245 cm³/mol. The molecule has 9 nitrogen and oxygen atoms in total. The normalized spacial score (nSPS) is 14.3. The van der Waals surface area contributed by atoms with Gasteiger partial charge in [-0.05, 0) is 89.9 Å². The fourth-order valence-corrected chi connectivity index (χ4v) is 6.32. The minimum absolute atomic E-state index is 0.0421. The highest BCUT2D eigenvalue weighted by atomic mass is 31.2. The van der Waals surface area contributed by atoms with Gasteiger partial charge in [0.05, 0.1) is 27.7 Å². The number of nitrogens with zero attached hydrogens (tertiary/aromatic N) is 1. The number of phosphoric acid groups is 1. The Morgan fingerprint density at radius 1 is 0.542 bits per heavy atom. The number of likely N-dealkylation sites (N-methyl/N-ethyl adjacent to an activating group) is 1. The number of phosphoric ester groups is 1. The number of hydrogen-bond donors (Lipinski definition) is 0. The number of hydrogen-bond acceptors (Lipinski definition) is 8. The number of unbranched alkanes of at least 4 members (excludes halogenated alkanes) is 12. The molecule has 0 fully saturated rings. The van der Waals surface area contributed by atoms with E-state index in [0.717, 1.165) is 103 Å². The molecule has 0 rings (SSSR count). The van der Waals surface area contributed by atoms with Gasteiger partial charge in [0.15, 0.2) is 6.10 Å². The second kappa shape index (κ2) is 40.6. The maximum absolute atomic E-state index is 12.7. The summed E-state index contributed by atoms with van der Waals surface area (Å²) in [7, 11) is 1.13. The number of carbonyl (C=O) groups excluding carboxylic acids is 2. The maximum Gasteiger partial charge on any atom is 0.306 e. The van der Waals surface area contributed by atoms with Crippen molar-refractivity contribution in [3.63, 3.8) is 0 Å². The van der Waals surface area contributed by atoms with E-state index in [1.54, 1.807) is 0 Å². The molecule has 0 aliphatic rings. The van der Waals surface area contributed by atoms with Gasteiger partial charge in [-0.15, -0.1) is 0 Å². The molecule has 0 bridgehead atoms. The van der Waals surface area contributed by atoms with Gasteiger partial charge < -0.3 is 27.9 Å². The van der Waals surface area contributed by atoms with Crippen molar-refractivity contribution in [1.29, 1.82) is 0 Å². The molecule has 0 amide bonds. The molecule has 338 valence electrons. The lowest BCUT2D eigenvalue weighted by Crippen LogP contribution is -2.37. The predicted octanol–water partition coefficient (Wildman–Crippen LogP) is 12.6. The number of allylic oxidation sites excluding steroid dienone is 14. The van der Waals surface area contributed by atoms with E-state index in [1.165, 1.54) is 19.3 Å². The molecule has 0 aromatic rings. The number of quaternary nitrogens is 1. The summed E-state index contributed by atoms with van der Waals surface area (Å²) in [6.07, 6.45) is 51.8. The molecular formula is C49H84NO8P. The Kier molecular flexibility index (Phi) is 38.7. The van der Waals surface area contributed by atoms with Crippen LogP contribution in [0.3, 0.4) is 0 Å². The fourth-order valence-electron chi connectivity index (χ4n) is 5.59. The van der Waals surface area contributed by atoms with Gasteiger partial charge in [0.2, 0.25) is 0 Å². The number of esters is 2. The zero-order valence-electron chi connectivity index (χ0n) is 37.9. The van der Waals surface area contributed by atoms with Crippen molar-refractivity contribution < 1.29 is 42.1 Å². The van der Waals surface area contributed by atoms with Crippen LogP contribution in [0.2, 0.25) is 0 Å². The Hall–Kier alpha value is -2.81. The highest BCUT2D eigenvalue weighted by Gasteiger charge is 2.21. The summed E-state index contributed by atoms with van der Waals surface area (Å²) in [6.45, 7) is 4.02. The topological polar surface area (TPSA) is 111 Å². The number of carbonyl (C=O) groups is 2. The van der Waals surface area contributed by atoms with Gasteiger partial charge in [-0.25, -0.2) is 0 Å². The lowest BCUT2D eigenvalue weighted by Gasteiger charge is -2.28. The molecule has 0 saturated heterocycles. The van der Waals surface area contributed by atoms with Gasteiger partial charge in [-0.2, -0.15) is 0 Å². The van der Waals surface area contributed by atoms with Crippen LogP contribution in [0.1, 0.15) is 162 Å². The molecule has 2 atom stereocenters. The third kappa shape index (κ3) is 44.6. The van der Waals surface area contributed by atoms with Crippen molar-refractivity contribution in [3.05, 3.63) is 85.1 Å². The zero-order chi connectivity index (χ0) is 43.6. The van der Waals surface area contributed by atoms with Crippen LogP contribution < -0.4 is 4.89 Å². The Balaban J connectivity index is 4.39. The maximum atomic E-state index is 12.7. The number of ether oxygens (including phenoxy) is 2. The lowest BCUT2D eigenvalue weighted by atomic mass is 10.1. The third-order valence-corrected chi connectivity index (χ3v) is 10.1. The zero-order valence-corrected chi connectivity index (χ0v) is 38.8. The summed E-state index contributed by atoms with van der Waals surface area (Å²) in [6, 6.07) is 0. The van der Waals surface area contributed by atoms with Gasteiger partial charge in [-0.1, -0.05) is 144 Å². The summed E-state index contributed by atoms with van der Waals surface area (Å²) in [4.78, 5) is 37.5. The van der Waals surface area contributed by atoms with Gasteiger partial charge in [-0.3, -0.25) is 14.2 Å². The van der Waals surface area contributed by atoms with Crippen molar-refractivity contribution in [1.82, 2.24) is 0 Å². The average molecular weight is 846 g/mol. The molecule has 0 aromatic carbocycles. The molecule has 0 aromatic heterocycles. The van der Waals surface area contributed by atoms with E-state index in [4.69, 9.17) is 18.5 Å². The van der Waals surface area contributed by atoms with Crippen molar-refractivity contribution in [2.75, 3.05) is 47.5 Å². The van der Waals surface area contributed by atoms with E-state index >= 15 is 0 Å². The first kappa shape index (κ1) is 56.2. The summed E-state index contributed by atoms with van der Waals surface area (Å²) in [5.41, 5.74) is 0. The first-order chi connectivity index (χ1) is 28.5. The minimum atomic E-state index is -4.64. The second-order valence-electron chi connectivity index (χ2n) is 16.0. The van der Waals surface area contributed by atoms with Crippen LogP contribution in [0.15, 0.2) is 85.1 Å². The standard InChI is InChI=1S/C49H84NO8P/c1-6-8-10-12-14-16-18-20-21-22-23-24-25-26-27-28-29-30-32-34-36-38-40-42-49(52)58-47(46-57-59(53,54)56-44-43-50(3,4)5)45-55-48(51)41-39-37-35-33-31-19-17-15-13-11-9-7-2/h8,10,14-17,20-21,23-24,26-27,29-30,47H,6-7,9,11-13,18-19,22,25,28,31-46H2,1-5H3/b10-8-,16-14-,17-15-,21-20-,24-23-,27-26-,30-29-. The summed E-state index contributed by atoms with van der Waals surface area (Å²) in [5, 5.41) is 0. The highest BCUT2D eigenvalue weighted by molar-refractivity contribution is 7.45. The highest BCUT2D eigenvalue weighted by Crippen LogP contribution is 2.38. The van der Waals surface area contributed by atoms with Crippen molar-refractivity contribution in [2.24, 2.45) is 0 Å². The first-order valence-electron chi connectivity index (χ1n) is 22.8. The largest absolute Gasteiger partial charge is 0.756 e. The van der Waals surface area contributed by atoms with E-state index < -0.39 is 32.5 Å². The molecular weight excluding hydrogens is 762 g/mol. The molecule has 2 unspecified atom stereocenters. The van der Waals surface area contributed by atoms with Crippen LogP contribution in [0.25, 0.3) is 0 Å². The minimum Gasteiger partial charge on any atom is -0.756 e. The summed E-state index contributed by atoms with van der Waals surface area (Å²) in [5.74, 6) is -0.883. The molecule has 0 N–H and O–H groups in total. The number of rotatable bonds is 40. The third-order valence-electron chi connectivity index (χ3n) is 9.15. The van der Waals surface area contributed by atoms with Gasteiger partial charge in [0.1, 0.15) is 19.8 Å². The summed E-state index contributed by atoms with van der Waals surface area (Å²) >= 11 is 0. The summed E-state index contributed by atoms with van der Waals surface area (Å²) < 4.78 is 33.9. The second-order valence-corrected chi connectivity index (χ2v) is 17.4. The first-order valence-corrected chi connectivity index (χ1v) is 24.3. The Bertz CT molecular complexity index is 1280. The molecule has 0 radical (unpaired) electrons. The van der Waals surface area contributed by atoms with Gasteiger partial charge >= 0.3 is 11.9 Å². The van der Waals surface area contributed by atoms with E-state index in [1.807, 2.05) is 21.1 Å². The van der Waals surface area contributed by atoms with Gasteiger partial charge in [0.25, 0.3) is 7.82 Å². The Morgan fingerprint density at radius 2 is 0.966 bits per heavy atom. The van der Waals surface area contributed by atoms with E-state index in [9.17, 15) is 19.0 Å². The van der Waals surface area contributed by atoms with E-state index in [-0.39, 0.29) is 26.1 Å². The van der Waals surface area contributed by atoms with Crippen LogP contribution in [-0.2, 0) is 32.7 Å². The van der Waals surface area contributed by atoms with Crippen LogP contribution in [-0.4, -0.2) is 70.0 Å². The molecule has 0 spiro atoms. The molecule has 0 aliphatic carbocycles. The van der Waals surface area contributed by atoms with Gasteiger partial charge in [0, 0.05) is 12.8 Å². The van der Waals surface area contributed by atoms with Crippen LogP contribution in [0.4, 0.5) is 0 Å². The molecule has 0 saturated carbocycles. The quantitative estimate of drug-likeness (QED) is 0.0197. The van der Waals surface area contributed by atoms with Crippen molar-refractivity contribution in [3.8, 4) is 0 Å². The van der Waals surface area contributed by atoms with Crippen LogP contribution >= 0.6 is 7.82 Å². The van der Waals surface area contributed by atoms with Crippen molar-refractivity contribution >= 4 is 19.8 Å². The average Bonchev–Trinajstić information content (AvgIpc) is 3.19. The monoisotopic (exact) mass is 846 g/mol. The van der Waals surface area contributed by atoms with E-state index in [0.29, 0.717) is 23.9 Å². The van der Waals surface area contributed by atoms with Crippen molar-refractivity contribution in [2.45, 2.75) is 168 Å². The van der Waals surface area contributed by atoms with Crippen LogP contribution in [0, 0.1) is 0 Å². The molecule has 0 aliphatic heterocycles. The van der Waals surface area contributed by atoms with E-state index in [2.05, 4.69) is 98.9 Å². The Labute approximate surface area is 361 Å². The molecule has 10 heteroatoms. The molecule has 0 heterocycles. The van der Waals surface area contributed by atoms with Crippen LogP contribution in [0.5, 0.6) is 0 Å².